The van der Waals surface area contributed by atoms with Gasteiger partial charge in [-0.05, 0) is 48.5 Å². The van der Waals surface area contributed by atoms with Gasteiger partial charge in [-0.15, -0.1) is 0 Å². The van der Waals surface area contributed by atoms with Crippen molar-refractivity contribution in [2.24, 2.45) is 4.99 Å². The van der Waals surface area contributed by atoms with Crippen LogP contribution in [-0.2, 0) is 9.59 Å². The summed E-state index contributed by atoms with van der Waals surface area (Å²) in [6.07, 6.45) is 0. The average Bonchev–Trinajstić information content (AvgIpc) is 3.19. The van der Waals surface area contributed by atoms with Crippen molar-refractivity contribution in [1.29, 1.82) is 0 Å². The Balaban J connectivity index is 1.78. The summed E-state index contributed by atoms with van der Waals surface area (Å²) in [5, 5.41) is 12.3. The number of anilines is 2. The van der Waals surface area contributed by atoms with E-state index >= 15 is 0 Å². The number of rotatable bonds is 2. The number of fused-ring (bicyclic) bond motifs is 1. The predicted octanol–water partition coefficient (Wildman–Crippen LogP) is 4.01. The molecule has 2 aromatic rings. The summed E-state index contributed by atoms with van der Waals surface area (Å²) in [6.45, 7) is 1.70. The minimum Gasteiger partial charge on any atom is -0.324 e. The van der Waals surface area contributed by atoms with Crippen molar-refractivity contribution in [3.63, 3.8) is 0 Å². The first-order valence-electron chi connectivity index (χ1n) is 8.81. The summed E-state index contributed by atoms with van der Waals surface area (Å²) in [4.78, 5) is 43.8. The number of aliphatic imine (C=N–C) groups is 1. The second kappa shape index (κ2) is 7.26. The average molecular weight is 443 g/mol. The number of nitrogens with zero attached hydrogens (tertiary/aromatic N) is 4. The van der Waals surface area contributed by atoms with E-state index in [1.807, 2.05) is 0 Å². The number of non-ortho nitro benzene ring substituents is 1. The molecular weight excluding hydrogens is 428 g/mol. The van der Waals surface area contributed by atoms with E-state index in [4.69, 9.17) is 11.6 Å². The Kier molecular flexibility index (Phi) is 4.87. The molecule has 2 heterocycles. The highest BCUT2D eigenvalue weighted by Crippen LogP contribution is 2.46. The third kappa shape index (κ3) is 3.16. The number of amidine groups is 1. The Bertz CT molecular complexity index is 1190. The van der Waals surface area contributed by atoms with Crippen LogP contribution in [0.3, 0.4) is 0 Å². The highest BCUT2D eigenvalue weighted by atomic mass is 35.5. The number of carbonyl (C=O) groups is 2. The van der Waals surface area contributed by atoms with Crippen LogP contribution >= 0.6 is 23.4 Å². The molecule has 0 spiro atoms. The molecule has 10 heteroatoms. The number of benzene rings is 2. The summed E-state index contributed by atoms with van der Waals surface area (Å²) in [6, 6.07) is 9.77. The number of thioether (sulfide) groups is 1. The maximum atomic E-state index is 13.0. The summed E-state index contributed by atoms with van der Waals surface area (Å²) < 4.78 is 0. The fraction of sp³-hybridized carbons (Fsp3) is 0.150. The molecule has 0 bridgehead atoms. The molecule has 0 unspecified atom stereocenters. The van der Waals surface area contributed by atoms with Gasteiger partial charge in [0.1, 0.15) is 0 Å². The van der Waals surface area contributed by atoms with Crippen LogP contribution in [0.5, 0.6) is 0 Å². The van der Waals surface area contributed by atoms with Gasteiger partial charge in [-0.1, -0.05) is 11.6 Å². The van der Waals surface area contributed by atoms with Crippen molar-refractivity contribution < 1.29 is 14.5 Å². The summed E-state index contributed by atoms with van der Waals surface area (Å²) in [5.74, 6) is -0.945. The molecular formula is C20H15ClN4O4S. The first kappa shape index (κ1) is 20.1. The van der Waals surface area contributed by atoms with Crippen LogP contribution < -0.4 is 9.80 Å². The van der Waals surface area contributed by atoms with Gasteiger partial charge in [-0.25, -0.2) is 0 Å². The van der Waals surface area contributed by atoms with Crippen molar-refractivity contribution in [3.8, 4) is 0 Å². The zero-order valence-electron chi connectivity index (χ0n) is 16.2. The Morgan fingerprint density at radius 3 is 2.50 bits per heavy atom. The summed E-state index contributed by atoms with van der Waals surface area (Å²) in [5.41, 5.74) is 2.28. The molecule has 0 saturated heterocycles. The predicted molar refractivity (Wildman–Crippen MR) is 118 cm³/mol. The Morgan fingerprint density at radius 2 is 1.87 bits per heavy atom. The van der Waals surface area contributed by atoms with Crippen LogP contribution in [0.25, 0.3) is 5.57 Å². The highest BCUT2D eigenvalue weighted by Gasteiger charge is 2.39. The van der Waals surface area contributed by atoms with Gasteiger partial charge in [0.05, 0.1) is 21.1 Å². The fourth-order valence-electron chi connectivity index (χ4n) is 3.48. The number of amides is 2. The standard InChI is InChI=1S/C20H15ClN4O4S/c1-10-8-13(25(28)29)9-14-15(19(27)24(3)16(10)14)17-18(26)22-20(30-17)23(2)12-6-4-11(21)5-7-12/h4-9H,1-3H3. The first-order valence-corrected chi connectivity index (χ1v) is 10.0. The topological polar surface area (TPSA) is 96.1 Å². The number of carbonyl (C=O) groups excluding carboxylic acids is 2. The number of hydrogen-bond donors (Lipinski definition) is 0. The zero-order valence-corrected chi connectivity index (χ0v) is 17.7. The van der Waals surface area contributed by atoms with Gasteiger partial charge < -0.3 is 9.80 Å². The molecule has 8 nitrogen and oxygen atoms in total. The van der Waals surface area contributed by atoms with Crippen LogP contribution in [0.2, 0.25) is 5.02 Å². The van der Waals surface area contributed by atoms with Crippen LogP contribution in [-0.4, -0.2) is 36.0 Å². The number of hydrogen-bond acceptors (Lipinski definition) is 6. The van der Waals surface area contributed by atoms with Gasteiger partial charge in [0.15, 0.2) is 5.17 Å². The van der Waals surface area contributed by atoms with Gasteiger partial charge in [-0.2, -0.15) is 4.99 Å². The number of halogens is 1. The van der Waals surface area contributed by atoms with E-state index in [0.29, 0.717) is 27.0 Å². The minimum atomic E-state index is -0.551. The van der Waals surface area contributed by atoms with E-state index in [2.05, 4.69) is 4.99 Å². The highest BCUT2D eigenvalue weighted by molar-refractivity contribution is 8.19. The Labute approximate surface area is 181 Å². The molecule has 0 radical (unpaired) electrons. The second-order valence-electron chi connectivity index (χ2n) is 6.82. The lowest BCUT2D eigenvalue weighted by molar-refractivity contribution is -0.384. The van der Waals surface area contributed by atoms with Gasteiger partial charge in [0.2, 0.25) is 0 Å². The number of nitro benzene ring substituents is 1. The van der Waals surface area contributed by atoms with Crippen molar-refractivity contribution in [3.05, 3.63) is 67.6 Å². The number of aryl methyl sites for hydroxylation is 1. The van der Waals surface area contributed by atoms with Gasteiger partial charge in [0.25, 0.3) is 17.5 Å². The minimum absolute atomic E-state index is 0.137. The maximum absolute atomic E-state index is 13.0. The third-order valence-electron chi connectivity index (χ3n) is 4.93. The molecule has 0 N–H and O–H groups in total. The lowest BCUT2D eigenvalue weighted by Gasteiger charge is -2.17. The first-order chi connectivity index (χ1) is 14.2. The molecule has 2 aromatic carbocycles. The van der Waals surface area contributed by atoms with E-state index < -0.39 is 16.7 Å². The summed E-state index contributed by atoms with van der Waals surface area (Å²) >= 11 is 7.00. The largest absolute Gasteiger partial charge is 0.324 e. The van der Waals surface area contributed by atoms with Crippen LogP contribution in [0, 0.1) is 17.0 Å². The monoisotopic (exact) mass is 442 g/mol. The molecule has 2 amide bonds. The summed E-state index contributed by atoms with van der Waals surface area (Å²) in [7, 11) is 3.33. The third-order valence-corrected chi connectivity index (χ3v) is 6.31. The zero-order chi connectivity index (χ0) is 21.7. The van der Waals surface area contributed by atoms with E-state index in [0.717, 1.165) is 17.4 Å². The van der Waals surface area contributed by atoms with E-state index in [9.17, 15) is 19.7 Å². The molecule has 4 rings (SSSR count). The van der Waals surface area contributed by atoms with Crippen LogP contribution in [0.1, 0.15) is 11.1 Å². The van der Waals surface area contributed by atoms with E-state index in [1.165, 1.54) is 17.0 Å². The van der Waals surface area contributed by atoms with Gasteiger partial charge in [-0.3, -0.25) is 19.7 Å². The van der Waals surface area contributed by atoms with Gasteiger partial charge >= 0.3 is 0 Å². The molecule has 0 aromatic heterocycles. The Hall–Kier alpha value is -3.17. The molecule has 152 valence electrons. The fourth-order valence-corrected chi connectivity index (χ4v) is 4.59. The molecule has 30 heavy (non-hydrogen) atoms. The van der Waals surface area contributed by atoms with E-state index in [-0.39, 0.29) is 16.2 Å². The van der Waals surface area contributed by atoms with Crippen molar-refractivity contribution in [2.75, 3.05) is 23.9 Å². The normalized spacial score (nSPS) is 18.0. The molecule has 0 fully saturated rings. The lowest BCUT2D eigenvalue weighted by Crippen LogP contribution is -2.22. The van der Waals surface area contributed by atoms with Gasteiger partial charge in [0, 0.05) is 42.5 Å². The smallest absolute Gasteiger partial charge is 0.287 e. The molecule has 0 atom stereocenters. The molecule has 2 aliphatic heterocycles. The molecule has 0 saturated carbocycles. The van der Waals surface area contributed by atoms with Crippen molar-refractivity contribution in [2.45, 2.75) is 6.92 Å². The van der Waals surface area contributed by atoms with Crippen LogP contribution in [0.4, 0.5) is 17.1 Å². The lowest BCUT2D eigenvalue weighted by atomic mass is 10.0. The number of nitro groups is 1. The molecule has 0 aliphatic carbocycles. The SMILES string of the molecule is Cc1cc([N+](=O)[O-])cc2c1N(C)C(=O)C2=C1SC(N(C)c2ccc(Cl)cc2)=NC1=O. The molecule has 2 aliphatic rings. The maximum Gasteiger partial charge on any atom is 0.287 e. The quantitative estimate of drug-likeness (QED) is 0.396. The van der Waals surface area contributed by atoms with Crippen molar-refractivity contribution in [1.82, 2.24) is 0 Å². The number of likely N-dealkylation sites (N-methyl/N-ethyl adjacent to an activating group) is 1. The van der Waals surface area contributed by atoms with Crippen LogP contribution in [0.15, 0.2) is 46.3 Å². The van der Waals surface area contributed by atoms with Crippen molar-refractivity contribution >= 4 is 63.0 Å². The Morgan fingerprint density at radius 1 is 1.20 bits per heavy atom. The van der Waals surface area contributed by atoms with E-state index in [1.54, 1.807) is 50.2 Å². The second-order valence-corrected chi connectivity index (χ2v) is 8.24.